The molecule has 0 spiro atoms. The van der Waals surface area contributed by atoms with Gasteiger partial charge in [0.05, 0.1) is 10.6 Å². The van der Waals surface area contributed by atoms with Crippen molar-refractivity contribution in [3.8, 4) is 0 Å². The van der Waals surface area contributed by atoms with Gasteiger partial charge in [0.2, 0.25) is 6.17 Å². The summed E-state index contributed by atoms with van der Waals surface area (Å²) >= 11 is 0. The van der Waals surface area contributed by atoms with E-state index in [0.717, 1.165) is 6.07 Å². The van der Waals surface area contributed by atoms with Crippen LogP contribution in [0.2, 0.25) is 0 Å². The molecule has 116 valence electrons. The SMILES string of the molecule is O=[N+]([O-])c1cccc2c1N(C(F)(F)F)C(C(F)(F)F)N2O. The third-order valence-electron chi connectivity index (χ3n) is 2.72. The Balaban J connectivity index is 2.74. The summed E-state index contributed by atoms with van der Waals surface area (Å²) in [6, 6.07) is 2.20. The number of nitro groups is 1. The van der Waals surface area contributed by atoms with E-state index in [-0.39, 0.29) is 0 Å². The zero-order valence-electron chi connectivity index (χ0n) is 9.68. The lowest BCUT2D eigenvalue weighted by atomic mass is 10.2. The van der Waals surface area contributed by atoms with Crippen LogP contribution in [0.1, 0.15) is 0 Å². The van der Waals surface area contributed by atoms with Crippen LogP contribution < -0.4 is 9.96 Å². The number of benzene rings is 1. The number of halogens is 6. The van der Waals surface area contributed by atoms with Crippen molar-refractivity contribution >= 4 is 17.1 Å². The van der Waals surface area contributed by atoms with Crippen molar-refractivity contribution in [1.29, 1.82) is 0 Å². The summed E-state index contributed by atoms with van der Waals surface area (Å²) in [7, 11) is 0. The number of anilines is 2. The number of hydrogen-bond acceptors (Lipinski definition) is 5. The van der Waals surface area contributed by atoms with Gasteiger partial charge in [0, 0.05) is 6.07 Å². The zero-order chi connectivity index (χ0) is 16.2. The number of fused-ring (bicyclic) bond motifs is 1. The second kappa shape index (κ2) is 4.38. The average Bonchev–Trinajstić information content (AvgIpc) is 2.62. The maximum absolute atomic E-state index is 12.9. The van der Waals surface area contributed by atoms with Gasteiger partial charge >= 0.3 is 12.5 Å². The van der Waals surface area contributed by atoms with E-state index in [1.807, 2.05) is 0 Å². The largest absolute Gasteiger partial charge is 0.487 e. The molecule has 1 heterocycles. The molecule has 0 aliphatic carbocycles. The second-order valence-electron chi connectivity index (χ2n) is 4.00. The van der Waals surface area contributed by atoms with Gasteiger partial charge in [-0.05, 0) is 6.07 Å². The standard InChI is InChI=1S/C9H5F6N3O3/c10-8(11,12)7-16(9(13,14)15)6-4(17(7)19)2-1-3-5(6)18(20)21/h1-3,7,19H. The van der Waals surface area contributed by atoms with Crippen LogP contribution in [-0.4, -0.2) is 28.8 Å². The Morgan fingerprint density at radius 1 is 1.19 bits per heavy atom. The molecule has 0 saturated carbocycles. The molecule has 1 unspecified atom stereocenters. The summed E-state index contributed by atoms with van der Waals surface area (Å²) in [5, 5.41) is 19.4. The summed E-state index contributed by atoms with van der Waals surface area (Å²) < 4.78 is 77.0. The first kappa shape index (κ1) is 15.2. The van der Waals surface area contributed by atoms with Crippen LogP contribution in [-0.2, 0) is 0 Å². The minimum absolute atomic E-state index is 0.615. The summed E-state index contributed by atoms with van der Waals surface area (Å²) in [4.78, 5) is 8.29. The van der Waals surface area contributed by atoms with E-state index in [4.69, 9.17) is 0 Å². The van der Waals surface area contributed by atoms with Crippen LogP contribution in [0.3, 0.4) is 0 Å². The maximum atomic E-state index is 12.9. The fourth-order valence-corrected chi connectivity index (χ4v) is 2.01. The summed E-state index contributed by atoms with van der Waals surface area (Å²) in [6.07, 6.45) is -14.6. The monoisotopic (exact) mass is 317 g/mol. The lowest BCUT2D eigenvalue weighted by Crippen LogP contribution is -2.57. The van der Waals surface area contributed by atoms with Crippen LogP contribution in [0.15, 0.2) is 18.2 Å². The first-order chi connectivity index (χ1) is 9.46. The number of hydroxylamine groups is 1. The van der Waals surface area contributed by atoms with Gasteiger partial charge < -0.3 is 0 Å². The van der Waals surface area contributed by atoms with E-state index < -0.39 is 50.6 Å². The highest BCUT2D eigenvalue weighted by Gasteiger charge is 2.62. The number of nitrogens with zero attached hydrogens (tertiary/aromatic N) is 3. The third-order valence-corrected chi connectivity index (χ3v) is 2.72. The molecule has 1 atom stereocenters. The normalized spacial score (nSPS) is 18.9. The van der Waals surface area contributed by atoms with Crippen LogP contribution in [0, 0.1) is 10.1 Å². The van der Waals surface area contributed by atoms with E-state index >= 15 is 0 Å². The topological polar surface area (TPSA) is 69.9 Å². The van der Waals surface area contributed by atoms with Gasteiger partial charge in [-0.25, -0.2) is 9.96 Å². The Kier molecular flexibility index (Phi) is 3.16. The number of nitro benzene ring substituents is 1. The first-order valence-corrected chi connectivity index (χ1v) is 5.14. The van der Waals surface area contributed by atoms with Crippen LogP contribution >= 0.6 is 0 Å². The molecule has 0 amide bonds. The van der Waals surface area contributed by atoms with Crippen molar-refractivity contribution < 1.29 is 36.5 Å². The molecule has 1 aromatic rings. The van der Waals surface area contributed by atoms with Gasteiger partial charge in [0.15, 0.2) is 5.69 Å². The Bertz CT molecular complexity index is 587. The molecule has 1 N–H and O–H groups in total. The van der Waals surface area contributed by atoms with Crippen molar-refractivity contribution in [3.63, 3.8) is 0 Å². The molecule has 0 fully saturated rings. The molecule has 0 saturated heterocycles. The zero-order valence-corrected chi connectivity index (χ0v) is 9.68. The quantitative estimate of drug-likeness (QED) is 0.373. The summed E-state index contributed by atoms with van der Waals surface area (Å²) in [5.74, 6) is 0. The Labute approximate surface area is 111 Å². The fraction of sp³-hybridized carbons (Fsp3) is 0.333. The minimum Gasteiger partial charge on any atom is -0.286 e. The molecule has 12 heteroatoms. The molecule has 0 radical (unpaired) electrons. The van der Waals surface area contributed by atoms with Crippen molar-refractivity contribution in [2.75, 3.05) is 9.96 Å². The van der Waals surface area contributed by atoms with Crippen LogP contribution in [0.5, 0.6) is 0 Å². The number of hydrogen-bond donors (Lipinski definition) is 1. The molecule has 1 aliphatic heterocycles. The highest BCUT2D eigenvalue weighted by molar-refractivity contribution is 5.85. The Hall–Kier alpha value is -2.24. The molecule has 0 bridgehead atoms. The second-order valence-corrected chi connectivity index (χ2v) is 4.00. The lowest BCUT2D eigenvalue weighted by molar-refractivity contribution is -0.384. The van der Waals surface area contributed by atoms with E-state index in [2.05, 4.69) is 0 Å². The van der Waals surface area contributed by atoms with Crippen molar-refractivity contribution in [1.82, 2.24) is 0 Å². The molecule has 1 aromatic carbocycles. The predicted octanol–water partition coefficient (Wildman–Crippen LogP) is 3.02. The highest BCUT2D eigenvalue weighted by atomic mass is 19.4. The minimum atomic E-state index is -5.58. The predicted molar refractivity (Wildman–Crippen MR) is 55.7 cm³/mol. The highest BCUT2D eigenvalue weighted by Crippen LogP contribution is 2.52. The Morgan fingerprint density at radius 2 is 1.76 bits per heavy atom. The molecular formula is C9H5F6N3O3. The summed E-state index contributed by atoms with van der Waals surface area (Å²) in [6.45, 7) is 0. The van der Waals surface area contributed by atoms with Crippen molar-refractivity contribution in [2.24, 2.45) is 0 Å². The van der Waals surface area contributed by atoms with Crippen molar-refractivity contribution in [2.45, 2.75) is 18.6 Å². The van der Waals surface area contributed by atoms with Gasteiger partial charge in [-0.2, -0.15) is 13.2 Å². The Morgan fingerprint density at radius 3 is 2.19 bits per heavy atom. The molecule has 0 aromatic heterocycles. The van der Waals surface area contributed by atoms with Gasteiger partial charge in [0.25, 0.3) is 5.69 Å². The number of para-hydroxylation sites is 1. The smallest absolute Gasteiger partial charge is 0.286 e. The maximum Gasteiger partial charge on any atom is 0.487 e. The van der Waals surface area contributed by atoms with Crippen LogP contribution in [0.4, 0.5) is 43.4 Å². The van der Waals surface area contributed by atoms with Gasteiger partial charge in [-0.1, -0.05) is 6.07 Å². The van der Waals surface area contributed by atoms with E-state index in [9.17, 15) is 41.7 Å². The van der Waals surface area contributed by atoms with Gasteiger partial charge in [-0.3, -0.25) is 15.3 Å². The summed E-state index contributed by atoms with van der Waals surface area (Å²) in [5.41, 5.74) is -3.51. The lowest BCUT2D eigenvalue weighted by Gasteiger charge is -2.31. The molecule has 21 heavy (non-hydrogen) atoms. The van der Waals surface area contributed by atoms with Crippen LogP contribution in [0.25, 0.3) is 0 Å². The molecule has 6 nitrogen and oxygen atoms in total. The fourth-order valence-electron chi connectivity index (χ4n) is 2.01. The van der Waals surface area contributed by atoms with Gasteiger partial charge in [0.1, 0.15) is 0 Å². The molecule has 1 aliphatic rings. The molecular weight excluding hydrogens is 312 g/mol. The van der Waals surface area contributed by atoms with E-state index in [1.165, 1.54) is 0 Å². The van der Waals surface area contributed by atoms with Crippen molar-refractivity contribution in [3.05, 3.63) is 28.3 Å². The van der Waals surface area contributed by atoms with Gasteiger partial charge in [-0.15, -0.1) is 13.2 Å². The van der Waals surface area contributed by atoms with E-state index in [1.54, 1.807) is 0 Å². The number of rotatable bonds is 1. The van der Waals surface area contributed by atoms with E-state index in [0.29, 0.717) is 12.1 Å². The number of alkyl halides is 6. The average molecular weight is 317 g/mol. The first-order valence-electron chi connectivity index (χ1n) is 5.14. The third kappa shape index (κ3) is 2.30. The molecule has 2 rings (SSSR count).